The highest BCUT2D eigenvalue weighted by atomic mass is 16.7. The summed E-state index contributed by atoms with van der Waals surface area (Å²) in [6.07, 6.45) is 0.368. The molecule has 0 saturated carbocycles. The Bertz CT molecular complexity index is 222. The maximum Gasteiger partial charge on any atom is 0.246 e. The molecule has 4 heteroatoms. The van der Waals surface area contributed by atoms with Crippen molar-refractivity contribution < 1.29 is 14.3 Å². The first-order chi connectivity index (χ1) is 7.56. The Kier molecular flexibility index (Phi) is 7.85. The Labute approximate surface area is 98.0 Å². The average molecular weight is 229 g/mol. The van der Waals surface area contributed by atoms with Gasteiger partial charge in [-0.2, -0.15) is 0 Å². The lowest BCUT2D eigenvalue weighted by atomic mass is 10.2. The number of hydrogen-bond donors (Lipinski definition) is 1. The molecule has 1 N–H and O–H groups in total. The van der Waals surface area contributed by atoms with Crippen molar-refractivity contribution in [1.82, 2.24) is 5.32 Å². The van der Waals surface area contributed by atoms with Gasteiger partial charge in [-0.15, -0.1) is 0 Å². The number of rotatable bonds is 8. The summed E-state index contributed by atoms with van der Waals surface area (Å²) >= 11 is 0. The van der Waals surface area contributed by atoms with Gasteiger partial charge in [-0.25, -0.2) is 0 Å². The summed E-state index contributed by atoms with van der Waals surface area (Å²) < 4.78 is 10.9. The summed E-state index contributed by atoms with van der Waals surface area (Å²) in [4.78, 5) is 11.5. The minimum Gasteiger partial charge on any atom is -0.351 e. The van der Waals surface area contributed by atoms with Crippen LogP contribution in [0.4, 0.5) is 0 Å². The monoisotopic (exact) mass is 229 g/mol. The van der Waals surface area contributed by atoms with Crippen LogP contribution in [0.5, 0.6) is 0 Å². The van der Waals surface area contributed by atoms with E-state index in [9.17, 15) is 4.79 Å². The zero-order valence-electron chi connectivity index (χ0n) is 10.7. The van der Waals surface area contributed by atoms with Crippen molar-refractivity contribution >= 4 is 5.91 Å². The molecule has 0 rings (SSSR count). The summed E-state index contributed by atoms with van der Waals surface area (Å²) in [5.74, 6) is -0.156. The molecule has 0 fully saturated rings. The Hall–Kier alpha value is -0.870. The molecular weight excluding hydrogens is 206 g/mol. The first-order valence-corrected chi connectivity index (χ1v) is 5.76. The summed E-state index contributed by atoms with van der Waals surface area (Å²) in [5.41, 5.74) is 0.491. The third kappa shape index (κ3) is 5.28. The lowest BCUT2D eigenvalue weighted by Gasteiger charge is -2.26. The molecule has 0 aliphatic carbocycles. The van der Waals surface area contributed by atoms with Crippen molar-refractivity contribution in [1.29, 1.82) is 0 Å². The predicted octanol–water partition coefficient (Wildman–Crippen LogP) is 1.86. The number of hydrogen-bond acceptors (Lipinski definition) is 3. The topological polar surface area (TPSA) is 47.6 Å². The highest BCUT2D eigenvalue weighted by Gasteiger charge is 2.22. The van der Waals surface area contributed by atoms with Crippen molar-refractivity contribution in [2.45, 2.75) is 46.4 Å². The smallest absolute Gasteiger partial charge is 0.246 e. The second kappa shape index (κ2) is 8.30. The second-order valence-corrected chi connectivity index (χ2v) is 3.55. The number of carbonyl (C=O) groups is 1. The van der Waals surface area contributed by atoms with E-state index in [1.165, 1.54) is 0 Å². The lowest BCUT2D eigenvalue weighted by molar-refractivity contribution is -0.157. The fourth-order valence-corrected chi connectivity index (χ4v) is 1.26. The summed E-state index contributed by atoms with van der Waals surface area (Å²) in [6.45, 7) is 12.2. The van der Waals surface area contributed by atoms with Crippen molar-refractivity contribution in [3.63, 3.8) is 0 Å². The van der Waals surface area contributed by atoms with Gasteiger partial charge in [0.2, 0.25) is 5.91 Å². The van der Waals surface area contributed by atoms with E-state index in [0.29, 0.717) is 18.8 Å². The third-order valence-corrected chi connectivity index (χ3v) is 2.13. The van der Waals surface area contributed by atoms with E-state index in [1.54, 1.807) is 6.92 Å². The van der Waals surface area contributed by atoms with Gasteiger partial charge in [0.25, 0.3) is 0 Å². The van der Waals surface area contributed by atoms with Crippen LogP contribution in [0.3, 0.4) is 0 Å². The van der Waals surface area contributed by atoms with E-state index >= 15 is 0 Å². The van der Waals surface area contributed by atoms with Gasteiger partial charge in [0.15, 0.2) is 6.29 Å². The number of ether oxygens (including phenoxy) is 2. The van der Waals surface area contributed by atoms with Gasteiger partial charge in [0.1, 0.15) is 0 Å². The quantitative estimate of drug-likeness (QED) is 0.510. The fourth-order valence-electron chi connectivity index (χ4n) is 1.26. The van der Waals surface area contributed by atoms with E-state index in [1.807, 2.05) is 20.8 Å². The second-order valence-electron chi connectivity index (χ2n) is 3.55. The zero-order valence-corrected chi connectivity index (χ0v) is 10.7. The van der Waals surface area contributed by atoms with Crippen LogP contribution >= 0.6 is 0 Å². The minimum absolute atomic E-state index is 0.135. The van der Waals surface area contributed by atoms with Crippen molar-refractivity contribution in [2.75, 3.05) is 13.2 Å². The van der Waals surface area contributed by atoms with E-state index in [-0.39, 0.29) is 18.2 Å². The molecule has 0 spiro atoms. The molecule has 0 aromatic rings. The number of nitrogens with one attached hydrogen (secondary N) is 1. The third-order valence-electron chi connectivity index (χ3n) is 2.13. The fraction of sp³-hybridized carbons (Fsp3) is 0.750. The van der Waals surface area contributed by atoms with E-state index in [2.05, 4.69) is 11.9 Å². The first kappa shape index (κ1) is 15.1. The summed E-state index contributed by atoms with van der Waals surface area (Å²) in [5, 5.41) is 2.85. The van der Waals surface area contributed by atoms with Gasteiger partial charge >= 0.3 is 0 Å². The maximum absolute atomic E-state index is 11.5. The van der Waals surface area contributed by atoms with Crippen LogP contribution in [0.15, 0.2) is 12.2 Å². The predicted molar refractivity (Wildman–Crippen MR) is 64.1 cm³/mol. The standard InChI is InChI=1S/C12H23NO3/c1-6-10(13-11(14)9(4)5)12(15-7-2)16-8-3/h10,12H,4,6-8H2,1-3,5H3,(H,13,14). The van der Waals surface area contributed by atoms with Crippen LogP contribution in [0.25, 0.3) is 0 Å². The number of carbonyl (C=O) groups excluding carboxylic acids is 1. The normalized spacial score (nSPS) is 12.6. The molecular formula is C12H23NO3. The molecule has 1 amide bonds. The average Bonchev–Trinajstić information content (AvgIpc) is 2.25. The van der Waals surface area contributed by atoms with Gasteiger partial charge in [0.05, 0.1) is 6.04 Å². The van der Waals surface area contributed by atoms with Crippen LogP contribution in [0.1, 0.15) is 34.1 Å². The number of amides is 1. The molecule has 94 valence electrons. The molecule has 0 aromatic carbocycles. The lowest BCUT2D eigenvalue weighted by Crippen LogP contribution is -2.45. The molecule has 0 radical (unpaired) electrons. The molecule has 1 atom stereocenters. The molecule has 0 aliphatic rings. The zero-order chi connectivity index (χ0) is 12.6. The van der Waals surface area contributed by atoms with Crippen LogP contribution < -0.4 is 5.32 Å². The maximum atomic E-state index is 11.5. The Morgan fingerprint density at radius 2 is 1.75 bits per heavy atom. The van der Waals surface area contributed by atoms with Crippen LogP contribution in [0.2, 0.25) is 0 Å². The molecule has 0 heterocycles. The van der Waals surface area contributed by atoms with Gasteiger partial charge < -0.3 is 14.8 Å². The van der Waals surface area contributed by atoms with Crippen molar-refractivity contribution in [2.24, 2.45) is 0 Å². The van der Waals surface area contributed by atoms with Crippen molar-refractivity contribution in [3.8, 4) is 0 Å². The van der Waals surface area contributed by atoms with Gasteiger partial charge in [-0.3, -0.25) is 4.79 Å². The molecule has 0 bridgehead atoms. The Morgan fingerprint density at radius 3 is 2.06 bits per heavy atom. The van der Waals surface area contributed by atoms with Gasteiger partial charge in [-0.1, -0.05) is 13.5 Å². The van der Waals surface area contributed by atoms with Gasteiger partial charge in [-0.05, 0) is 27.2 Å². The SMILES string of the molecule is C=C(C)C(=O)NC(CC)C(OCC)OCC. The first-order valence-electron chi connectivity index (χ1n) is 5.76. The van der Waals surface area contributed by atoms with Crippen molar-refractivity contribution in [3.05, 3.63) is 12.2 Å². The summed E-state index contributed by atoms with van der Waals surface area (Å²) in [6, 6.07) is -0.135. The molecule has 0 saturated heterocycles. The minimum atomic E-state index is -0.386. The van der Waals surface area contributed by atoms with Crippen LogP contribution in [-0.2, 0) is 14.3 Å². The largest absolute Gasteiger partial charge is 0.351 e. The van der Waals surface area contributed by atoms with Crippen LogP contribution in [-0.4, -0.2) is 31.5 Å². The Morgan fingerprint density at radius 1 is 1.25 bits per heavy atom. The summed E-state index contributed by atoms with van der Waals surface area (Å²) in [7, 11) is 0. The molecule has 4 nitrogen and oxygen atoms in total. The molecule has 1 unspecified atom stereocenters. The van der Waals surface area contributed by atoms with E-state index in [0.717, 1.165) is 6.42 Å². The molecule has 0 aliphatic heterocycles. The molecule has 0 aromatic heterocycles. The van der Waals surface area contributed by atoms with Crippen LogP contribution in [0, 0.1) is 0 Å². The molecule has 16 heavy (non-hydrogen) atoms. The highest BCUT2D eigenvalue weighted by Crippen LogP contribution is 2.07. The highest BCUT2D eigenvalue weighted by molar-refractivity contribution is 5.92. The van der Waals surface area contributed by atoms with E-state index in [4.69, 9.17) is 9.47 Å². The van der Waals surface area contributed by atoms with Gasteiger partial charge in [0, 0.05) is 18.8 Å². The Balaban J connectivity index is 4.40. The van der Waals surface area contributed by atoms with E-state index < -0.39 is 0 Å².